The first-order valence-electron chi connectivity index (χ1n) is 8.60. The van der Waals surface area contributed by atoms with E-state index in [2.05, 4.69) is 0 Å². The molecule has 10 heteroatoms. The molecule has 1 aliphatic rings. The SMILES string of the molecule is O=C(CCS(=O)(=O)c1ccc2c(c1)OCCO2)OCc1ccccc1C(F)(F)F. The van der Waals surface area contributed by atoms with Gasteiger partial charge in [-0.2, -0.15) is 13.2 Å². The average molecular weight is 430 g/mol. The Labute approximate surface area is 165 Å². The maximum atomic E-state index is 12.9. The van der Waals surface area contributed by atoms with Gasteiger partial charge in [-0.1, -0.05) is 18.2 Å². The molecule has 0 aliphatic carbocycles. The van der Waals surface area contributed by atoms with Gasteiger partial charge in [0.15, 0.2) is 21.3 Å². The summed E-state index contributed by atoms with van der Waals surface area (Å²) < 4.78 is 79.2. The number of hydrogen-bond acceptors (Lipinski definition) is 6. The smallest absolute Gasteiger partial charge is 0.416 e. The fraction of sp³-hybridized carbons (Fsp3) is 0.316. The third-order valence-electron chi connectivity index (χ3n) is 4.16. The third-order valence-corrected chi connectivity index (χ3v) is 5.87. The lowest BCUT2D eigenvalue weighted by molar-refractivity contribution is -0.147. The number of ether oxygens (including phenoxy) is 3. The molecule has 3 rings (SSSR count). The van der Waals surface area contributed by atoms with Crippen LogP contribution < -0.4 is 9.47 Å². The summed E-state index contributed by atoms with van der Waals surface area (Å²) >= 11 is 0. The van der Waals surface area contributed by atoms with Crippen molar-refractivity contribution in [3.05, 3.63) is 53.6 Å². The summed E-state index contributed by atoms with van der Waals surface area (Å²) in [5.74, 6) is -0.739. The van der Waals surface area contributed by atoms with Crippen molar-refractivity contribution in [2.75, 3.05) is 19.0 Å². The van der Waals surface area contributed by atoms with Crippen molar-refractivity contribution in [2.24, 2.45) is 0 Å². The van der Waals surface area contributed by atoms with E-state index in [9.17, 15) is 26.4 Å². The van der Waals surface area contributed by atoms with Crippen LogP contribution in [0.3, 0.4) is 0 Å². The molecule has 6 nitrogen and oxygen atoms in total. The number of alkyl halides is 3. The molecule has 156 valence electrons. The average Bonchev–Trinajstić information content (AvgIpc) is 2.70. The molecule has 1 heterocycles. The summed E-state index contributed by atoms with van der Waals surface area (Å²) in [6, 6.07) is 8.83. The zero-order valence-corrected chi connectivity index (χ0v) is 15.9. The van der Waals surface area contributed by atoms with Gasteiger partial charge in [-0.15, -0.1) is 0 Å². The van der Waals surface area contributed by atoms with E-state index in [1.165, 1.54) is 36.4 Å². The summed E-state index contributed by atoms with van der Waals surface area (Å²) in [7, 11) is -3.82. The number of sulfone groups is 1. The number of rotatable bonds is 6. The Morgan fingerprint density at radius 3 is 2.45 bits per heavy atom. The fourth-order valence-electron chi connectivity index (χ4n) is 2.71. The number of fused-ring (bicyclic) bond motifs is 1. The molecule has 0 fully saturated rings. The monoisotopic (exact) mass is 430 g/mol. The number of esters is 1. The van der Waals surface area contributed by atoms with Gasteiger partial charge in [-0.25, -0.2) is 8.42 Å². The molecule has 0 spiro atoms. The largest absolute Gasteiger partial charge is 0.486 e. The number of carbonyl (C=O) groups is 1. The van der Waals surface area contributed by atoms with Crippen molar-refractivity contribution in [1.29, 1.82) is 0 Å². The van der Waals surface area contributed by atoms with Crippen LogP contribution >= 0.6 is 0 Å². The lowest BCUT2D eigenvalue weighted by atomic mass is 10.1. The molecule has 0 radical (unpaired) electrons. The first-order chi connectivity index (χ1) is 13.7. The van der Waals surface area contributed by atoms with E-state index < -0.39 is 46.3 Å². The second kappa shape index (κ2) is 8.32. The maximum absolute atomic E-state index is 12.9. The van der Waals surface area contributed by atoms with Gasteiger partial charge in [0.2, 0.25) is 0 Å². The van der Waals surface area contributed by atoms with E-state index in [1.807, 2.05) is 0 Å². The second-order valence-corrected chi connectivity index (χ2v) is 8.30. The normalized spacial score (nSPS) is 13.8. The predicted molar refractivity (Wildman–Crippen MR) is 95.3 cm³/mol. The fourth-order valence-corrected chi connectivity index (χ4v) is 3.94. The molecule has 0 saturated heterocycles. The van der Waals surface area contributed by atoms with Crippen molar-refractivity contribution in [3.63, 3.8) is 0 Å². The van der Waals surface area contributed by atoms with Crippen LogP contribution in [0.5, 0.6) is 11.5 Å². The Morgan fingerprint density at radius 1 is 1.03 bits per heavy atom. The molecular formula is C19H17F3O6S. The van der Waals surface area contributed by atoms with E-state index in [4.69, 9.17) is 14.2 Å². The minimum absolute atomic E-state index is 0.0445. The highest BCUT2D eigenvalue weighted by Crippen LogP contribution is 2.33. The Bertz CT molecular complexity index is 1000. The first kappa shape index (κ1) is 21.0. The zero-order chi connectivity index (χ0) is 21.1. The summed E-state index contributed by atoms with van der Waals surface area (Å²) in [5.41, 5.74) is -1.11. The van der Waals surface area contributed by atoms with Crippen LogP contribution in [0, 0.1) is 0 Å². The molecular weight excluding hydrogens is 413 g/mol. The standard InChI is InChI=1S/C19H17F3O6S/c20-19(21,22)15-4-2-1-3-13(15)12-28-18(23)7-10-29(24,25)14-5-6-16-17(11-14)27-9-8-26-16/h1-6,11H,7-10,12H2. The number of hydrogen-bond donors (Lipinski definition) is 0. The highest BCUT2D eigenvalue weighted by atomic mass is 32.2. The van der Waals surface area contributed by atoms with Gasteiger partial charge >= 0.3 is 12.1 Å². The first-order valence-corrected chi connectivity index (χ1v) is 10.3. The van der Waals surface area contributed by atoms with Gasteiger partial charge in [0.25, 0.3) is 0 Å². The van der Waals surface area contributed by atoms with Gasteiger partial charge in [0.05, 0.1) is 22.6 Å². The predicted octanol–water partition coefficient (Wildman–Crippen LogP) is 3.38. The van der Waals surface area contributed by atoms with Gasteiger partial charge < -0.3 is 14.2 Å². The van der Waals surface area contributed by atoms with Crippen LogP contribution in [0.2, 0.25) is 0 Å². The Morgan fingerprint density at radius 2 is 1.72 bits per heavy atom. The van der Waals surface area contributed by atoms with E-state index in [0.717, 1.165) is 6.07 Å². The Kier molecular flexibility index (Phi) is 6.02. The van der Waals surface area contributed by atoms with Crippen LogP contribution in [0.15, 0.2) is 47.4 Å². The molecule has 1 aliphatic heterocycles. The molecule has 0 amide bonds. The van der Waals surface area contributed by atoms with Gasteiger partial charge in [0, 0.05) is 11.6 Å². The van der Waals surface area contributed by atoms with E-state index >= 15 is 0 Å². The summed E-state index contributed by atoms with van der Waals surface area (Å²) in [6.07, 6.45) is -5.07. The Hall–Kier alpha value is -2.75. The molecule has 0 aromatic heterocycles. The molecule has 0 N–H and O–H groups in total. The lowest BCUT2D eigenvalue weighted by Gasteiger charge is -2.18. The van der Waals surface area contributed by atoms with Gasteiger partial charge in [-0.05, 0) is 18.2 Å². The maximum Gasteiger partial charge on any atom is 0.416 e. The van der Waals surface area contributed by atoms with Crippen LogP contribution in [-0.2, 0) is 32.2 Å². The highest BCUT2D eigenvalue weighted by molar-refractivity contribution is 7.91. The lowest BCUT2D eigenvalue weighted by Crippen LogP contribution is -2.17. The van der Waals surface area contributed by atoms with Crippen LogP contribution in [0.25, 0.3) is 0 Å². The van der Waals surface area contributed by atoms with Gasteiger partial charge in [-0.3, -0.25) is 4.79 Å². The number of carbonyl (C=O) groups excluding carboxylic acids is 1. The Balaban J connectivity index is 1.59. The van der Waals surface area contributed by atoms with Crippen molar-refractivity contribution < 1.29 is 40.6 Å². The minimum Gasteiger partial charge on any atom is -0.486 e. The van der Waals surface area contributed by atoms with Crippen molar-refractivity contribution >= 4 is 15.8 Å². The van der Waals surface area contributed by atoms with E-state index in [-0.39, 0.29) is 10.5 Å². The minimum atomic E-state index is -4.58. The quantitative estimate of drug-likeness (QED) is 0.654. The summed E-state index contributed by atoms with van der Waals surface area (Å²) in [6.45, 7) is 0.0587. The van der Waals surface area contributed by atoms with Crippen LogP contribution in [0.4, 0.5) is 13.2 Å². The number of halogens is 3. The van der Waals surface area contributed by atoms with Gasteiger partial charge in [0.1, 0.15) is 19.8 Å². The second-order valence-electron chi connectivity index (χ2n) is 6.19. The van der Waals surface area contributed by atoms with Crippen molar-refractivity contribution in [2.45, 2.75) is 24.1 Å². The topological polar surface area (TPSA) is 78.9 Å². The zero-order valence-electron chi connectivity index (χ0n) is 15.1. The highest BCUT2D eigenvalue weighted by Gasteiger charge is 2.33. The van der Waals surface area contributed by atoms with Crippen LogP contribution in [0.1, 0.15) is 17.5 Å². The van der Waals surface area contributed by atoms with E-state index in [0.29, 0.717) is 24.7 Å². The molecule has 0 atom stereocenters. The van der Waals surface area contributed by atoms with E-state index in [1.54, 1.807) is 0 Å². The summed E-state index contributed by atoms with van der Waals surface area (Å²) in [4.78, 5) is 11.8. The molecule has 0 bridgehead atoms. The van der Waals surface area contributed by atoms with Crippen molar-refractivity contribution in [1.82, 2.24) is 0 Å². The molecule has 2 aromatic carbocycles. The molecule has 0 unspecified atom stereocenters. The number of benzene rings is 2. The molecule has 2 aromatic rings. The molecule has 29 heavy (non-hydrogen) atoms. The summed E-state index contributed by atoms with van der Waals surface area (Å²) in [5, 5.41) is 0. The van der Waals surface area contributed by atoms with Crippen LogP contribution in [-0.4, -0.2) is 33.4 Å². The third kappa shape index (κ3) is 5.20. The van der Waals surface area contributed by atoms with Crippen molar-refractivity contribution in [3.8, 4) is 11.5 Å². The molecule has 0 saturated carbocycles.